The van der Waals surface area contributed by atoms with Gasteiger partial charge in [-0.2, -0.15) is 13.2 Å². The minimum Gasteiger partial charge on any atom is -0.363 e. The van der Waals surface area contributed by atoms with E-state index in [2.05, 4.69) is 15.2 Å². The maximum absolute atomic E-state index is 15.2. The number of fused-ring (bicyclic) bond motifs is 2. The Labute approximate surface area is 229 Å². The van der Waals surface area contributed by atoms with E-state index in [4.69, 9.17) is 16.6 Å². The molecule has 1 amide bonds. The number of halogens is 5. The normalized spacial score (nSPS) is 24.7. The number of nitrogens with zero attached hydrogens (tertiary/aromatic N) is 4. The summed E-state index contributed by atoms with van der Waals surface area (Å²) < 4.78 is 55.8. The van der Waals surface area contributed by atoms with Gasteiger partial charge in [-0.25, -0.2) is 14.4 Å². The molecule has 1 aliphatic carbocycles. The third-order valence-corrected chi connectivity index (χ3v) is 8.06. The number of likely N-dealkylation sites (N-methyl/N-ethyl adjacent to an activating group) is 1. The maximum Gasteiger partial charge on any atom is 0.415 e. The predicted molar refractivity (Wildman–Crippen MR) is 142 cm³/mol. The molecule has 0 saturated carbocycles. The minimum atomic E-state index is -4.75. The first kappa shape index (κ1) is 27.6. The van der Waals surface area contributed by atoms with Crippen molar-refractivity contribution in [3.8, 4) is 0 Å². The smallest absolute Gasteiger partial charge is 0.363 e. The van der Waals surface area contributed by atoms with Crippen LogP contribution < -0.4 is 10.2 Å². The van der Waals surface area contributed by atoms with E-state index < -0.39 is 41.4 Å². The topological polar surface area (TPSA) is 61.4 Å². The molecule has 1 spiro atoms. The summed E-state index contributed by atoms with van der Waals surface area (Å²) in [5.41, 5.74) is -0.166. The standard InChI is InChI=1S/C28H30ClF4N5O/c1-15-11-20(23(30)22(12-15)28(31,32)33)16(2)34-25-21-13-38(19-7-5-18(29)6-8-19)26(39)27(9-10-37(4)14-27)24(21)35-17(3)36-25/h5-8,11,15-16H,9-10,12-14H2,1-4H3,(H,34,35,36)/t15?,16-,27?/m1/s1. The number of rotatable bonds is 4. The van der Waals surface area contributed by atoms with Crippen LogP contribution in [0.5, 0.6) is 0 Å². The third kappa shape index (κ3) is 4.93. The Bertz CT molecular complexity index is 1370. The molecule has 2 aromatic rings. The lowest BCUT2D eigenvalue weighted by Gasteiger charge is -2.41. The molecule has 3 heterocycles. The number of benzene rings is 1. The van der Waals surface area contributed by atoms with E-state index in [9.17, 15) is 18.0 Å². The molecule has 1 saturated heterocycles. The summed E-state index contributed by atoms with van der Waals surface area (Å²) in [6.45, 7) is 6.27. The number of aryl methyl sites for hydroxylation is 1. The van der Waals surface area contributed by atoms with Crippen LogP contribution >= 0.6 is 11.6 Å². The molecule has 0 radical (unpaired) electrons. The molecule has 1 fully saturated rings. The molecule has 3 atom stereocenters. The molecular formula is C28H30ClF4N5O. The van der Waals surface area contributed by atoms with Crippen LogP contribution in [0.2, 0.25) is 5.02 Å². The fourth-order valence-corrected chi connectivity index (χ4v) is 6.06. The Morgan fingerprint density at radius 3 is 2.51 bits per heavy atom. The van der Waals surface area contributed by atoms with E-state index in [1.807, 2.05) is 7.05 Å². The van der Waals surface area contributed by atoms with Gasteiger partial charge in [0.15, 0.2) is 0 Å². The molecular weight excluding hydrogens is 534 g/mol. The summed E-state index contributed by atoms with van der Waals surface area (Å²) in [4.78, 5) is 27.1. The van der Waals surface area contributed by atoms with Crippen molar-refractivity contribution in [2.45, 2.75) is 57.8 Å². The number of hydrogen-bond donors (Lipinski definition) is 1. The predicted octanol–water partition coefficient (Wildman–Crippen LogP) is 6.11. The van der Waals surface area contributed by atoms with Crippen molar-refractivity contribution in [2.75, 3.05) is 30.4 Å². The minimum absolute atomic E-state index is 0.0529. The van der Waals surface area contributed by atoms with Gasteiger partial charge in [-0.05, 0) is 70.5 Å². The number of carbonyl (C=O) groups is 1. The second kappa shape index (κ2) is 9.89. The number of hydrogen-bond acceptors (Lipinski definition) is 5. The summed E-state index contributed by atoms with van der Waals surface area (Å²) in [5, 5.41) is 3.72. The second-order valence-corrected chi connectivity index (χ2v) is 11.3. The van der Waals surface area contributed by atoms with Crippen LogP contribution in [0.15, 0.2) is 47.3 Å². The average molecular weight is 564 g/mol. The Hall–Kier alpha value is -2.98. The first-order valence-electron chi connectivity index (χ1n) is 12.9. The molecule has 5 rings (SSSR count). The van der Waals surface area contributed by atoms with Crippen molar-refractivity contribution in [1.82, 2.24) is 14.9 Å². The Balaban J connectivity index is 1.59. The highest BCUT2D eigenvalue weighted by atomic mass is 35.5. The lowest BCUT2D eigenvalue weighted by molar-refractivity contribution is -0.124. The molecule has 1 aromatic carbocycles. The summed E-state index contributed by atoms with van der Waals surface area (Å²) in [6.07, 6.45) is -3.05. The van der Waals surface area contributed by atoms with Gasteiger partial charge in [0.2, 0.25) is 5.91 Å². The van der Waals surface area contributed by atoms with E-state index in [1.165, 1.54) is 0 Å². The molecule has 3 aliphatic rings. The van der Waals surface area contributed by atoms with Gasteiger partial charge in [0.05, 0.1) is 23.9 Å². The highest BCUT2D eigenvalue weighted by molar-refractivity contribution is 6.30. The Kier molecular flexibility index (Phi) is 6.99. The Morgan fingerprint density at radius 1 is 1.21 bits per heavy atom. The molecule has 1 aromatic heterocycles. The third-order valence-electron chi connectivity index (χ3n) is 7.81. The summed E-state index contributed by atoms with van der Waals surface area (Å²) in [6, 6.07) is 6.16. The molecule has 208 valence electrons. The SMILES string of the molecule is Cc1nc(N[C@H](C)C2=CC(C)CC(C(F)(F)F)=C2F)c2c(n1)C1(CCN(C)C1)C(=O)N(c1ccc(Cl)cc1)C2. The van der Waals surface area contributed by atoms with Gasteiger partial charge >= 0.3 is 6.18 Å². The summed E-state index contributed by atoms with van der Waals surface area (Å²) >= 11 is 6.09. The molecule has 0 bridgehead atoms. The van der Waals surface area contributed by atoms with E-state index in [-0.39, 0.29) is 18.0 Å². The van der Waals surface area contributed by atoms with Crippen LogP contribution in [0.1, 0.15) is 43.8 Å². The van der Waals surface area contributed by atoms with Crippen molar-refractivity contribution in [3.63, 3.8) is 0 Å². The lowest BCUT2D eigenvalue weighted by Crippen LogP contribution is -2.53. The fraction of sp³-hybridized carbons (Fsp3) is 0.464. The number of carbonyl (C=O) groups excluding carboxylic acids is 1. The van der Waals surface area contributed by atoms with Crippen LogP contribution in [-0.4, -0.2) is 53.1 Å². The number of aromatic nitrogens is 2. The van der Waals surface area contributed by atoms with E-state index in [0.717, 1.165) is 0 Å². The molecule has 2 aliphatic heterocycles. The van der Waals surface area contributed by atoms with Crippen molar-refractivity contribution >= 4 is 29.0 Å². The van der Waals surface area contributed by atoms with Crippen LogP contribution in [0.3, 0.4) is 0 Å². The number of amides is 1. The van der Waals surface area contributed by atoms with Crippen molar-refractivity contribution < 1.29 is 22.4 Å². The molecule has 6 nitrogen and oxygen atoms in total. The molecule has 2 unspecified atom stereocenters. The monoisotopic (exact) mass is 563 g/mol. The zero-order valence-corrected chi connectivity index (χ0v) is 22.9. The van der Waals surface area contributed by atoms with Crippen LogP contribution in [0.4, 0.5) is 29.1 Å². The lowest BCUT2D eigenvalue weighted by atomic mass is 9.76. The molecule has 1 N–H and O–H groups in total. The quantitative estimate of drug-likeness (QED) is 0.455. The largest absolute Gasteiger partial charge is 0.415 e. The summed E-state index contributed by atoms with van der Waals surface area (Å²) in [7, 11) is 1.95. The van der Waals surface area contributed by atoms with Crippen molar-refractivity contribution in [2.24, 2.45) is 5.92 Å². The van der Waals surface area contributed by atoms with Crippen LogP contribution in [0.25, 0.3) is 0 Å². The van der Waals surface area contributed by atoms with E-state index in [0.29, 0.717) is 53.1 Å². The number of alkyl halides is 3. The average Bonchev–Trinajstić information content (AvgIpc) is 3.25. The molecule has 11 heteroatoms. The van der Waals surface area contributed by atoms with E-state index in [1.54, 1.807) is 56.0 Å². The highest BCUT2D eigenvalue weighted by Crippen LogP contribution is 2.45. The summed E-state index contributed by atoms with van der Waals surface area (Å²) in [5.74, 6) is -0.996. The van der Waals surface area contributed by atoms with Gasteiger partial charge in [-0.3, -0.25) is 4.79 Å². The van der Waals surface area contributed by atoms with Crippen molar-refractivity contribution in [1.29, 1.82) is 0 Å². The zero-order chi connectivity index (χ0) is 28.3. The number of likely N-dealkylation sites (tertiary alicyclic amines) is 1. The van der Waals surface area contributed by atoms with E-state index >= 15 is 4.39 Å². The first-order valence-corrected chi connectivity index (χ1v) is 13.3. The van der Waals surface area contributed by atoms with Crippen LogP contribution in [0, 0.1) is 12.8 Å². The van der Waals surface area contributed by atoms with Gasteiger partial charge in [-0.1, -0.05) is 24.6 Å². The Morgan fingerprint density at radius 2 is 1.90 bits per heavy atom. The van der Waals surface area contributed by atoms with Crippen LogP contribution in [-0.2, 0) is 16.8 Å². The maximum atomic E-state index is 15.2. The fourth-order valence-electron chi connectivity index (χ4n) is 5.93. The number of nitrogens with one attached hydrogen (secondary N) is 1. The number of allylic oxidation sites excluding steroid dienone is 2. The number of anilines is 2. The van der Waals surface area contributed by atoms with Crippen molar-refractivity contribution in [3.05, 3.63) is 69.4 Å². The van der Waals surface area contributed by atoms with Gasteiger partial charge in [-0.15, -0.1) is 0 Å². The van der Waals surface area contributed by atoms with Gasteiger partial charge in [0.25, 0.3) is 0 Å². The molecule has 39 heavy (non-hydrogen) atoms. The zero-order valence-electron chi connectivity index (χ0n) is 22.2. The van der Waals surface area contributed by atoms with Gasteiger partial charge in [0, 0.05) is 28.4 Å². The first-order chi connectivity index (χ1) is 18.3. The van der Waals surface area contributed by atoms with Gasteiger partial charge < -0.3 is 15.1 Å². The van der Waals surface area contributed by atoms with Gasteiger partial charge in [0.1, 0.15) is 22.9 Å². The highest BCUT2D eigenvalue weighted by Gasteiger charge is 2.53. The second-order valence-electron chi connectivity index (χ2n) is 10.8.